The second kappa shape index (κ2) is 10.6. The first kappa shape index (κ1) is 23.9. The zero-order valence-corrected chi connectivity index (χ0v) is 18.3. The fourth-order valence-corrected chi connectivity index (χ4v) is 3.62. The number of nitrogens with one attached hydrogen (secondary N) is 2. The first-order chi connectivity index (χ1) is 14.1. The third kappa shape index (κ3) is 7.44. The van der Waals surface area contributed by atoms with Crippen LogP contribution in [-0.2, 0) is 24.0 Å². The Hall–Kier alpha value is -2.42. The molecule has 2 saturated heterocycles. The van der Waals surface area contributed by atoms with Crippen molar-refractivity contribution in [1.29, 1.82) is 0 Å². The molecule has 0 saturated carbocycles. The molecule has 2 aliphatic rings. The minimum atomic E-state index is -0.611. The summed E-state index contributed by atoms with van der Waals surface area (Å²) in [5.74, 6) is -1.21. The smallest absolute Gasteiger partial charge is 0.334 e. The number of nitrogens with zero attached hydrogens (tertiary/aromatic N) is 2. The summed E-state index contributed by atoms with van der Waals surface area (Å²) < 4.78 is 0. The van der Waals surface area contributed by atoms with Crippen LogP contribution in [0.15, 0.2) is 12.3 Å². The number of likely N-dealkylation sites (tertiary alicyclic amines) is 1. The molecule has 9 heteroatoms. The molecule has 0 aliphatic carbocycles. The average molecular weight is 433 g/mol. The Morgan fingerprint density at radius 1 is 1.13 bits per heavy atom. The van der Waals surface area contributed by atoms with E-state index in [-0.39, 0.29) is 61.5 Å². The molecule has 2 fully saturated rings. The van der Waals surface area contributed by atoms with Gasteiger partial charge in [-0.3, -0.25) is 19.3 Å². The highest BCUT2D eigenvalue weighted by molar-refractivity contribution is 5.83. The second-order valence-electron chi connectivity index (χ2n) is 9.05. The minimum Gasteiger partial charge on any atom is -0.355 e. The van der Waals surface area contributed by atoms with E-state index in [4.69, 9.17) is 4.84 Å². The number of allylic oxidation sites excluding steroid dienone is 1. The van der Waals surface area contributed by atoms with Gasteiger partial charge in [-0.1, -0.05) is 27.4 Å². The Bertz CT molecular complexity index is 669. The Labute approximate surface area is 178 Å². The highest BCUT2D eigenvalue weighted by Crippen LogP contribution is 2.24. The molecular formula is C21H34N4O5. The van der Waals surface area contributed by atoms with Gasteiger partial charge < -0.3 is 15.5 Å². The van der Waals surface area contributed by atoms with Gasteiger partial charge >= 0.3 is 5.97 Å². The molecule has 2 aliphatic heterocycles. The summed E-state index contributed by atoms with van der Waals surface area (Å²) in [7, 11) is 0. The molecule has 0 aromatic rings. The van der Waals surface area contributed by atoms with Gasteiger partial charge in [0.25, 0.3) is 5.91 Å². The number of hydroxylamine groups is 2. The Balaban J connectivity index is 1.60. The van der Waals surface area contributed by atoms with Crippen LogP contribution >= 0.6 is 0 Å². The van der Waals surface area contributed by atoms with Crippen molar-refractivity contribution in [1.82, 2.24) is 20.6 Å². The summed E-state index contributed by atoms with van der Waals surface area (Å²) >= 11 is 0. The maximum Gasteiger partial charge on any atom is 0.334 e. The lowest BCUT2D eigenvalue weighted by atomic mass is 10.3. The van der Waals surface area contributed by atoms with E-state index >= 15 is 0 Å². The summed E-state index contributed by atoms with van der Waals surface area (Å²) in [6, 6.07) is -0.134. The first-order valence-electron chi connectivity index (χ1n) is 10.6. The van der Waals surface area contributed by atoms with Gasteiger partial charge in [0, 0.05) is 32.5 Å². The molecule has 2 heterocycles. The van der Waals surface area contributed by atoms with E-state index < -0.39 is 5.97 Å². The standard InChI is InChI=1S/C21H34N4O5/c1-15-7-8-18(27)25(15)30-19(28)10-12-22-17(26)9-11-23-20(29)16-6-5-13-24(16)14-21(2,3)4/h16H,1,5-14H2,2-4H3,(H,22,26)(H,23,29)/i2+1,3+1,5+1,6+1,13+1,14+1,16+1,21+1,22+1,23+1,24+1. The zero-order valence-electron chi connectivity index (χ0n) is 18.3. The van der Waals surface area contributed by atoms with Crippen molar-refractivity contribution in [3.8, 4) is 0 Å². The predicted molar refractivity (Wildman–Crippen MR) is 111 cm³/mol. The monoisotopic (exact) mass is 433 g/mol. The van der Waals surface area contributed by atoms with E-state index in [9.17, 15) is 19.2 Å². The number of hydrogen-bond donors (Lipinski definition) is 2. The van der Waals surface area contributed by atoms with Crippen LogP contribution in [0.25, 0.3) is 0 Å². The van der Waals surface area contributed by atoms with E-state index in [1.54, 1.807) is 0 Å². The van der Waals surface area contributed by atoms with Crippen molar-refractivity contribution in [3.05, 3.63) is 12.3 Å². The summed E-state index contributed by atoms with van der Waals surface area (Å²) in [6.07, 6.45) is 2.67. The SMILES string of the molecule is C=C1CCC(=O)N1OC(=O)CC[15NH]C(=O)CC[15NH]C(=O)[13CH]1[13CH2][13CH2][13CH2][15N]1[13CH2][13C](C)([13CH3])[13CH3]. The summed E-state index contributed by atoms with van der Waals surface area (Å²) in [4.78, 5) is 54.9. The number of hydrogen-bond acceptors (Lipinski definition) is 6. The van der Waals surface area contributed by atoms with E-state index in [2.05, 4.69) is 42.9 Å². The van der Waals surface area contributed by atoms with Gasteiger partial charge in [-0.05, 0) is 31.2 Å². The quantitative estimate of drug-likeness (QED) is 0.417. The molecule has 9 nitrogen and oxygen atoms in total. The molecule has 0 radical (unpaired) electrons. The van der Waals surface area contributed by atoms with Crippen molar-refractivity contribution in [2.24, 2.45) is 5.41 Å². The molecule has 0 aromatic carbocycles. The van der Waals surface area contributed by atoms with Crippen LogP contribution in [-0.4, -0.2) is 65.9 Å². The number of amides is 3. The first-order valence-corrected chi connectivity index (χ1v) is 10.6. The summed E-state index contributed by atoms with van der Waals surface area (Å²) in [6.45, 7) is 12.2. The Morgan fingerprint density at radius 2 is 1.83 bits per heavy atom. The molecule has 1 unspecified atom stereocenters. The van der Waals surface area contributed by atoms with Crippen molar-refractivity contribution in [3.63, 3.8) is 0 Å². The molecule has 2 N–H and O–H groups in total. The van der Waals surface area contributed by atoms with Crippen molar-refractivity contribution in [2.45, 2.75) is 65.3 Å². The van der Waals surface area contributed by atoms with Gasteiger partial charge in [0.05, 0.1) is 18.2 Å². The Kier molecular flexibility index (Phi) is 8.40. The van der Waals surface area contributed by atoms with Crippen LogP contribution in [0, 0.1) is 5.41 Å². The number of rotatable bonds is 9. The van der Waals surface area contributed by atoms with Gasteiger partial charge in [0.2, 0.25) is 11.8 Å². The van der Waals surface area contributed by atoms with E-state index in [1.807, 2.05) is 0 Å². The van der Waals surface area contributed by atoms with Gasteiger partial charge in [-0.25, -0.2) is 4.79 Å². The van der Waals surface area contributed by atoms with Crippen molar-refractivity contribution >= 4 is 23.7 Å². The lowest BCUT2D eigenvalue weighted by Gasteiger charge is -2.30. The topological polar surface area (TPSA) is 108 Å². The van der Waals surface area contributed by atoms with Crippen LogP contribution in [0.4, 0.5) is 0 Å². The van der Waals surface area contributed by atoms with Crippen LogP contribution in [0.5, 0.6) is 0 Å². The van der Waals surface area contributed by atoms with Crippen molar-refractivity contribution in [2.75, 3.05) is 26.2 Å². The zero-order chi connectivity index (χ0) is 22.3. The normalized spacial score (nSPS) is 19.8. The van der Waals surface area contributed by atoms with Crippen LogP contribution in [0.3, 0.4) is 0 Å². The average Bonchev–Trinajstić information content (AvgIpc) is 3.21. The van der Waals surface area contributed by atoms with Crippen molar-refractivity contribution < 1.29 is 24.0 Å². The molecule has 0 bridgehead atoms. The molecule has 168 valence electrons. The number of carbonyl (C=O) groups excluding carboxylic acids is 4. The highest BCUT2D eigenvalue weighted by atomic mass is 16.7. The molecule has 2 rings (SSSR count). The largest absolute Gasteiger partial charge is 0.355 e. The fraction of sp³-hybridized carbons (Fsp3) is 0.714. The third-order valence-electron chi connectivity index (χ3n) is 4.98. The van der Waals surface area contributed by atoms with Crippen LogP contribution in [0.2, 0.25) is 0 Å². The van der Waals surface area contributed by atoms with E-state index in [1.165, 1.54) is 0 Å². The maximum absolute atomic E-state index is 12.5. The minimum absolute atomic E-state index is 0.0383. The molecule has 1 atom stereocenters. The van der Waals surface area contributed by atoms with Gasteiger partial charge in [0.1, 0.15) is 0 Å². The highest BCUT2D eigenvalue weighted by Gasteiger charge is 2.32. The maximum atomic E-state index is 12.5. The molecule has 3 amide bonds. The lowest BCUT2D eigenvalue weighted by molar-refractivity contribution is -0.186. The summed E-state index contributed by atoms with van der Waals surface area (Å²) in [5, 5.41) is 6.38. The fourth-order valence-electron chi connectivity index (χ4n) is 3.62. The van der Waals surface area contributed by atoms with E-state index in [0.717, 1.165) is 31.0 Å². The van der Waals surface area contributed by atoms with Crippen LogP contribution in [0.1, 0.15) is 59.3 Å². The van der Waals surface area contributed by atoms with Gasteiger partial charge in [-0.15, -0.1) is 5.06 Å². The molecule has 30 heavy (non-hydrogen) atoms. The molecule has 0 spiro atoms. The third-order valence-corrected chi connectivity index (χ3v) is 4.98. The van der Waals surface area contributed by atoms with Gasteiger partial charge in [-0.2, -0.15) is 0 Å². The molecular weight excluding hydrogens is 399 g/mol. The second-order valence-corrected chi connectivity index (χ2v) is 9.05. The number of carbonyl (C=O) groups is 4. The predicted octanol–water partition coefficient (Wildman–Crippen LogP) is 1.10. The lowest BCUT2D eigenvalue weighted by Crippen LogP contribution is -2.46. The Morgan fingerprint density at radius 3 is 2.47 bits per heavy atom. The van der Waals surface area contributed by atoms with E-state index in [0.29, 0.717) is 12.1 Å². The molecule has 0 aromatic heterocycles. The van der Waals surface area contributed by atoms with Gasteiger partial charge in [0.15, 0.2) is 0 Å². The summed E-state index contributed by atoms with van der Waals surface area (Å²) in [5.41, 5.74) is 0.579. The van der Waals surface area contributed by atoms with Crippen LogP contribution < -0.4 is 10.6 Å².